The average Bonchev–Trinajstić information content (AvgIpc) is 3.41. The molecule has 0 aliphatic carbocycles. The van der Waals surface area contributed by atoms with Gasteiger partial charge in [-0.05, 0) is 45.0 Å². The maximum atomic E-state index is 5.42. The van der Waals surface area contributed by atoms with Gasteiger partial charge in [-0.2, -0.15) is 4.98 Å². The van der Waals surface area contributed by atoms with Gasteiger partial charge in [0, 0.05) is 37.0 Å². The summed E-state index contributed by atoms with van der Waals surface area (Å²) < 4.78 is 7.41. The van der Waals surface area contributed by atoms with Crippen molar-refractivity contribution in [3.05, 3.63) is 60.0 Å². The zero-order valence-corrected chi connectivity index (χ0v) is 19.1. The number of rotatable bonds is 8. The Bertz CT molecular complexity index is 1130. The van der Waals surface area contributed by atoms with Gasteiger partial charge in [0.25, 0.3) is 0 Å². The lowest BCUT2D eigenvalue weighted by Crippen LogP contribution is -2.21. The third kappa shape index (κ3) is 4.64. The van der Waals surface area contributed by atoms with Gasteiger partial charge in [-0.25, -0.2) is 0 Å². The van der Waals surface area contributed by atoms with Crippen molar-refractivity contribution in [1.82, 2.24) is 24.9 Å². The molecule has 2 aromatic heterocycles. The van der Waals surface area contributed by atoms with Gasteiger partial charge in [0.1, 0.15) is 0 Å². The third-order valence-corrected chi connectivity index (χ3v) is 6.20. The molecule has 4 aromatic rings. The third-order valence-electron chi connectivity index (χ3n) is 5.19. The second kappa shape index (κ2) is 9.34. The minimum absolute atomic E-state index is 0.533. The number of aromatic nitrogens is 5. The van der Waals surface area contributed by atoms with E-state index in [4.69, 9.17) is 4.52 Å². The molecule has 31 heavy (non-hydrogen) atoms. The summed E-state index contributed by atoms with van der Waals surface area (Å²) >= 11 is 1.53. The number of thioether (sulfide) groups is 1. The van der Waals surface area contributed by atoms with Crippen molar-refractivity contribution < 1.29 is 4.52 Å². The van der Waals surface area contributed by atoms with E-state index in [-0.39, 0.29) is 0 Å². The van der Waals surface area contributed by atoms with Gasteiger partial charge in [0.15, 0.2) is 11.0 Å². The Morgan fingerprint density at radius 1 is 0.935 bits per heavy atom. The fourth-order valence-electron chi connectivity index (χ4n) is 3.36. The van der Waals surface area contributed by atoms with Crippen molar-refractivity contribution in [2.24, 2.45) is 7.05 Å². The fourth-order valence-corrected chi connectivity index (χ4v) is 4.11. The Morgan fingerprint density at radius 3 is 2.29 bits per heavy atom. The lowest BCUT2D eigenvalue weighted by molar-refractivity contribution is 0.391. The number of nitrogens with zero attached hydrogens (tertiary/aromatic N) is 6. The lowest BCUT2D eigenvalue weighted by atomic mass is 10.1. The Hall–Kier alpha value is -3.13. The van der Waals surface area contributed by atoms with Gasteiger partial charge >= 0.3 is 0 Å². The van der Waals surface area contributed by atoms with Gasteiger partial charge in [-0.1, -0.05) is 46.7 Å². The second-order valence-corrected chi connectivity index (χ2v) is 8.19. The summed E-state index contributed by atoms with van der Waals surface area (Å²) in [5, 5.41) is 13.6. The molecule has 2 aromatic carbocycles. The number of hydrogen-bond donors (Lipinski definition) is 0. The second-order valence-electron chi connectivity index (χ2n) is 7.25. The summed E-state index contributed by atoms with van der Waals surface area (Å²) in [5.41, 5.74) is 4.40. The quantitative estimate of drug-likeness (QED) is 0.362. The minimum Gasteiger partial charge on any atom is -0.372 e. The summed E-state index contributed by atoms with van der Waals surface area (Å²) in [6, 6.07) is 16.5. The largest absolute Gasteiger partial charge is 0.372 e. The molecule has 0 N–H and O–H groups in total. The molecule has 2 heterocycles. The van der Waals surface area contributed by atoms with E-state index in [1.807, 2.05) is 35.9 Å². The normalized spacial score (nSPS) is 11.1. The Balaban J connectivity index is 1.44. The van der Waals surface area contributed by atoms with Gasteiger partial charge < -0.3 is 14.0 Å². The predicted octanol–water partition coefficient (Wildman–Crippen LogP) is 4.98. The molecule has 0 aliphatic rings. The van der Waals surface area contributed by atoms with E-state index in [9.17, 15) is 0 Å². The molecule has 0 unspecified atom stereocenters. The summed E-state index contributed by atoms with van der Waals surface area (Å²) in [6.07, 6.45) is 0. The van der Waals surface area contributed by atoms with Gasteiger partial charge in [0.05, 0.1) is 5.75 Å². The van der Waals surface area contributed by atoms with Crippen LogP contribution >= 0.6 is 11.8 Å². The monoisotopic (exact) mass is 434 g/mol. The van der Waals surface area contributed by atoms with Crippen molar-refractivity contribution in [2.45, 2.75) is 31.7 Å². The highest BCUT2D eigenvalue weighted by Crippen LogP contribution is 2.27. The van der Waals surface area contributed by atoms with Gasteiger partial charge in [0.2, 0.25) is 11.7 Å². The fraction of sp³-hybridized carbons (Fsp3) is 0.304. The molecule has 0 radical (unpaired) electrons. The van der Waals surface area contributed by atoms with Crippen LogP contribution in [0.3, 0.4) is 0 Å². The van der Waals surface area contributed by atoms with Crippen LogP contribution in [0.1, 0.15) is 25.3 Å². The highest BCUT2D eigenvalue weighted by molar-refractivity contribution is 7.98. The molecule has 0 amide bonds. The van der Waals surface area contributed by atoms with Crippen LogP contribution in [0.5, 0.6) is 0 Å². The topological polar surface area (TPSA) is 72.9 Å². The number of hydrogen-bond acceptors (Lipinski definition) is 7. The van der Waals surface area contributed by atoms with Crippen molar-refractivity contribution in [1.29, 1.82) is 0 Å². The number of aryl methyl sites for hydroxylation is 1. The van der Waals surface area contributed by atoms with E-state index in [0.29, 0.717) is 17.5 Å². The number of anilines is 1. The summed E-state index contributed by atoms with van der Waals surface area (Å²) in [5.74, 6) is 2.53. The zero-order chi connectivity index (χ0) is 21.8. The van der Waals surface area contributed by atoms with Crippen LogP contribution in [0.15, 0.2) is 58.2 Å². The van der Waals surface area contributed by atoms with E-state index < -0.39 is 0 Å². The predicted molar refractivity (Wildman–Crippen MR) is 124 cm³/mol. The Kier molecular flexibility index (Phi) is 6.36. The van der Waals surface area contributed by atoms with Crippen LogP contribution in [0.25, 0.3) is 22.8 Å². The number of benzene rings is 2. The minimum atomic E-state index is 0.533. The molecule has 4 rings (SSSR count). The zero-order valence-electron chi connectivity index (χ0n) is 18.2. The first kappa shape index (κ1) is 21.1. The van der Waals surface area contributed by atoms with Crippen molar-refractivity contribution in [3.63, 3.8) is 0 Å². The molecular formula is C23H26N6OS. The Labute approximate surface area is 186 Å². The van der Waals surface area contributed by atoms with Crippen LogP contribution in [0.4, 0.5) is 5.69 Å². The molecule has 160 valence electrons. The van der Waals surface area contributed by atoms with Crippen LogP contribution in [-0.4, -0.2) is 38.0 Å². The van der Waals surface area contributed by atoms with Crippen LogP contribution in [-0.2, 0) is 12.8 Å². The first-order valence-electron chi connectivity index (χ1n) is 10.4. The highest BCUT2D eigenvalue weighted by Gasteiger charge is 2.14. The molecule has 0 fully saturated rings. The molecule has 0 spiro atoms. The molecule has 7 nitrogen and oxygen atoms in total. The molecule has 0 saturated heterocycles. The van der Waals surface area contributed by atoms with Crippen LogP contribution < -0.4 is 4.90 Å². The van der Waals surface area contributed by atoms with Gasteiger partial charge in [-0.15, -0.1) is 10.2 Å². The van der Waals surface area contributed by atoms with E-state index >= 15 is 0 Å². The standard InChI is InChI=1S/C23H26N6OS/c1-5-29(6-2)19-13-11-18(12-14-19)22-25-26-23(28(22)4)31-15-20-24-21(27-30-20)17-9-7-16(3)8-10-17/h7-14H,5-6,15H2,1-4H3. The molecule has 0 atom stereocenters. The van der Waals surface area contributed by atoms with Crippen LogP contribution in [0, 0.1) is 6.92 Å². The van der Waals surface area contributed by atoms with Crippen molar-refractivity contribution in [3.8, 4) is 22.8 Å². The van der Waals surface area contributed by atoms with Gasteiger partial charge in [-0.3, -0.25) is 0 Å². The molecule has 0 saturated carbocycles. The summed E-state index contributed by atoms with van der Waals surface area (Å²) in [7, 11) is 1.97. The summed E-state index contributed by atoms with van der Waals surface area (Å²) in [6.45, 7) is 8.36. The molecule has 8 heteroatoms. The van der Waals surface area contributed by atoms with Crippen molar-refractivity contribution in [2.75, 3.05) is 18.0 Å². The van der Waals surface area contributed by atoms with Crippen molar-refractivity contribution >= 4 is 17.4 Å². The first-order valence-corrected chi connectivity index (χ1v) is 11.3. The maximum absolute atomic E-state index is 5.42. The van der Waals surface area contributed by atoms with E-state index in [1.54, 1.807) is 0 Å². The first-order chi connectivity index (χ1) is 15.1. The molecule has 0 bridgehead atoms. The van der Waals surface area contributed by atoms with E-state index in [1.165, 1.54) is 23.0 Å². The van der Waals surface area contributed by atoms with E-state index in [2.05, 4.69) is 70.3 Å². The average molecular weight is 435 g/mol. The SMILES string of the molecule is CCN(CC)c1ccc(-c2nnc(SCc3nc(-c4ccc(C)cc4)no3)n2C)cc1. The smallest absolute Gasteiger partial charge is 0.237 e. The highest BCUT2D eigenvalue weighted by atomic mass is 32.2. The summed E-state index contributed by atoms with van der Waals surface area (Å²) in [4.78, 5) is 6.82. The molecule has 0 aliphatic heterocycles. The van der Waals surface area contributed by atoms with E-state index in [0.717, 1.165) is 35.2 Å². The Morgan fingerprint density at radius 2 is 1.61 bits per heavy atom. The lowest BCUT2D eigenvalue weighted by Gasteiger charge is -2.21. The maximum Gasteiger partial charge on any atom is 0.237 e. The van der Waals surface area contributed by atoms with Crippen LogP contribution in [0.2, 0.25) is 0 Å². The molecular weight excluding hydrogens is 408 g/mol.